The molecular formula is C22H26N4O2. The van der Waals surface area contributed by atoms with Crippen LogP contribution in [0.1, 0.15) is 44.0 Å². The first kappa shape index (κ1) is 18.5. The van der Waals surface area contributed by atoms with E-state index in [9.17, 15) is 9.90 Å². The maximum absolute atomic E-state index is 12.1. The van der Waals surface area contributed by atoms with Gasteiger partial charge in [0.2, 0.25) is 0 Å². The number of carbonyl (C=O) groups is 1. The van der Waals surface area contributed by atoms with Crippen molar-refractivity contribution in [3.63, 3.8) is 0 Å². The number of primary amides is 1. The van der Waals surface area contributed by atoms with E-state index in [4.69, 9.17) is 5.73 Å². The van der Waals surface area contributed by atoms with Crippen molar-refractivity contribution in [1.29, 1.82) is 0 Å². The molecule has 0 radical (unpaired) electrons. The zero-order valence-corrected chi connectivity index (χ0v) is 16.4. The smallest absolute Gasteiger partial charge is 0.252 e. The number of rotatable bonds is 4. The van der Waals surface area contributed by atoms with Crippen molar-refractivity contribution in [3.8, 4) is 11.1 Å². The second kappa shape index (κ2) is 6.34. The Bertz CT molecular complexity index is 1040. The van der Waals surface area contributed by atoms with Crippen LogP contribution in [0.15, 0.2) is 48.8 Å². The standard InChI is InChI=1S/C22H26N4O2/c1-21(2)18(9-10-22(21,3)28)25-19-16(20(23)27)12-24-26-13-15(11-17(19)26)14-7-5-4-6-8-14/h4-8,11-13,18,25,28H,9-10H2,1-3H3,(H2,23,27)/t18-,22+/m1/s1. The maximum atomic E-state index is 12.1. The Balaban J connectivity index is 1.83. The van der Waals surface area contributed by atoms with Crippen LogP contribution < -0.4 is 11.1 Å². The molecule has 4 rings (SSSR count). The van der Waals surface area contributed by atoms with E-state index in [1.807, 2.05) is 63.4 Å². The second-order valence-corrected chi connectivity index (χ2v) is 8.45. The van der Waals surface area contributed by atoms with Gasteiger partial charge in [0.15, 0.2) is 0 Å². The lowest BCUT2D eigenvalue weighted by molar-refractivity contribution is -0.0283. The lowest BCUT2D eigenvalue weighted by Crippen LogP contribution is -2.45. The lowest BCUT2D eigenvalue weighted by atomic mass is 9.76. The van der Waals surface area contributed by atoms with Crippen LogP contribution in [0.3, 0.4) is 0 Å². The third-order valence-electron chi connectivity index (χ3n) is 6.51. The Kier molecular flexibility index (Phi) is 4.19. The van der Waals surface area contributed by atoms with Crippen molar-refractivity contribution in [2.24, 2.45) is 11.1 Å². The molecule has 2 heterocycles. The van der Waals surface area contributed by atoms with Crippen LogP contribution in [-0.2, 0) is 0 Å². The summed E-state index contributed by atoms with van der Waals surface area (Å²) in [4.78, 5) is 12.1. The third kappa shape index (κ3) is 2.85. The SMILES string of the molecule is CC1(C)[C@H](Nc2c(C(N)=O)cnn3cc(-c4ccccc4)cc23)CC[C@]1(C)O. The van der Waals surface area contributed by atoms with Gasteiger partial charge in [0.25, 0.3) is 5.91 Å². The molecule has 2 aromatic heterocycles. The van der Waals surface area contributed by atoms with Crippen LogP contribution in [0.25, 0.3) is 16.6 Å². The summed E-state index contributed by atoms with van der Waals surface area (Å²) in [7, 11) is 0. The maximum Gasteiger partial charge on any atom is 0.252 e. The predicted octanol–water partition coefficient (Wildman–Crippen LogP) is 3.45. The highest BCUT2D eigenvalue weighted by Gasteiger charge is 2.50. The zero-order chi connectivity index (χ0) is 20.1. The molecule has 0 saturated heterocycles. The molecule has 28 heavy (non-hydrogen) atoms. The number of nitrogens with two attached hydrogens (primary N) is 1. The molecular weight excluding hydrogens is 352 g/mol. The molecule has 4 N–H and O–H groups in total. The van der Waals surface area contributed by atoms with Gasteiger partial charge in [-0.3, -0.25) is 4.79 Å². The minimum absolute atomic E-state index is 0.00174. The van der Waals surface area contributed by atoms with E-state index in [1.54, 1.807) is 4.52 Å². The van der Waals surface area contributed by atoms with Gasteiger partial charge in [0, 0.05) is 23.2 Å². The number of nitrogens with one attached hydrogen (secondary N) is 1. The highest BCUT2D eigenvalue weighted by Crippen LogP contribution is 2.47. The summed E-state index contributed by atoms with van der Waals surface area (Å²) < 4.78 is 1.76. The van der Waals surface area contributed by atoms with Crippen LogP contribution in [0.4, 0.5) is 5.69 Å². The number of nitrogens with zero attached hydrogens (tertiary/aromatic N) is 2. The van der Waals surface area contributed by atoms with Crippen molar-refractivity contribution >= 4 is 17.1 Å². The van der Waals surface area contributed by atoms with Crippen molar-refractivity contribution in [3.05, 3.63) is 54.4 Å². The minimum atomic E-state index is -0.780. The fourth-order valence-corrected chi connectivity index (χ4v) is 4.09. The average molecular weight is 378 g/mol. The quantitative estimate of drug-likeness (QED) is 0.648. The molecule has 6 nitrogen and oxygen atoms in total. The van der Waals surface area contributed by atoms with Crippen molar-refractivity contribution < 1.29 is 9.90 Å². The molecule has 0 spiro atoms. The van der Waals surface area contributed by atoms with Gasteiger partial charge in [-0.1, -0.05) is 44.2 Å². The number of aromatic nitrogens is 2. The third-order valence-corrected chi connectivity index (χ3v) is 6.51. The van der Waals surface area contributed by atoms with Gasteiger partial charge >= 0.3 is 0 Å². The fourth-order valence-electron chi connectivity index (χ4n) is 4.09. The summed E-state index contributed by atoms with van der Waals surface area (Å²) in [6.07, 6.45) is 4.95. The number of benzene rings is 1. The van der Waals surface area contributed by atoms with Gasteiger partial charge < -0.3 is 16.2 Å². The molecule has 3 aromatic rings. The van der Waals surface area contributed by atoms with Crippen molar-refractivity contribution in [2.45, 2.75) is 45.3 Å². The van der Waals surface area contributed by atoms with E-state index in [-0.39, 0.29) is 11.5 Å². The number of hydrogen-bond acceptors (Lipinski definition) is 4. The average Bonchev–Trinajstić information content (AvgIpc) is 3.17. The number of aliphatic hydroxyl groups is 1. The van der Waals surface area contributed by atoms with Crippen molar-refractivity contribution in [1.82, 2.24) is 9.61 Å². The van der Waals surface area contributed by atoms with E-state index in [1.165, 1.54) is 6.20 Å². The van der Waals surface area contributed by atoms with Gasteiger partial charge in [0.05, 0.1) is 28.6 Å². The highest BCUT2D eigenvalue weighted by atomic mass is 16.3. The van der Waals surface area contributed by atoms with Crippen molar-refractivity contribution in [2.75, 3.05) is 5.32 Å². The van der Waals surface area contributed by atoms with Crippen LogP contribution in [0, 0.1) is 5.41 Å². The van der Waals surface area contributed by atoms with Crippen LogP contribution in [0.2, 0.25) is 0 Å². The van der Waals surface area contributed by atoms with E-state index in [0.29, 0.717) is 17.7 Å². The zero-order valence-electron chi connectivity index (χ0n) is 16.4. The van der Waals surface area contributed by atoms with Gasteiger partial charge in [-0.05, 0) is 31.4 Å². The molecule has 2 atom stereocenters. The molecule has 6 heteroatoms. The summed E-state index contributed by atoms with van der Waals surface area (Å²) in [6, 6.07) is 12.0. The Morgan fingerprint density at radius 2 is 1.96 bits per heavy atom. The van der Waals surface area contributed by atoms with Gasteiger partial charge in [-0.15, -0.1) is 0 Å². The Morgan fingerprint density at radius 3 is 2.57 bits per heavy atom. The summed E-state index contributed by atoms with van der Waals surface area (Å²) in [5, 5.41) is 18.7. The fraction of sp³-hybridized carbons (Fsp3) is 0.364. The van der Waals surface area contributed by atoms with Crippen LogP contribution >= 0.6 is 0 Å². The van der Waals surface area contributed by atoms with Gasteiger partial charge in [-0.2, -0.15) is 5.10 Å². The van der Waals surface area contributed by atoms with Crippen LogP contribution in [0.5, 0.6) is 0 Å². The molecule has 1 aliphatic rings. The van der Waals surface area contributed by atoms with E-state index in [0.717, 1.165) is 23.1 Å². The predicted molar refractivity (Wildman–Crippen MR) is 110 cm³/mol. The summed E-state index contributed by atoms with van der Waals surface area (Å²) >= 11 is 0. The van der Waals surface area contributed by atoms with E-state index >= 15 is 0 Å². The molecule has 1 fully saturated rings. The molecule has 1 amide bonds. The lowest BCUT2D eigenvalue weighted by Gasteiger charge is -2.38. The normalized spacial score (nSPS) is 23.8. The first-order valence-corrected chi connectivity index (χ1v) is 9.56. The van der Waals surface area contributed by atoms with Gasteiger partial charge in [-0.25, -0.2) is 4.52 Å². The monoisotopic (exact) mass is 378 g/mol. The Morgan fingerprint density at radius 1 is 1.25 bits per heavy atom. The van der Waals surface area contributed by atoms with E-state index in [2.05, 4.69) is 10.4 Å². The number of carbonyl (C=O) groups excluding carboxylic acids is 1. The molecule has 146 valence electrons. The largest absolute Gasteiger partial charge is 0.390 e. The minimum Gasteiger partial charge on any atom is -0.390 e. The summed E-state index contributed by atoms with van der Waals surface area (Å²) in [6.45, 7) is 5.97. The first-order valence-electron chi connectivity index (χ1n) is 9.56. The van der Waals surface area contributed by atoms with Crippen LogP contribution in [-0.4, -0.2) is 32.3 Å². The molecule has 0 bridgehead atoms. The summed E-state index contributed by atoms with van der Waals surface area (Å²) in [5.41, 5.74) is 8.39. The molecule has 0 unspecified atom stereocenters. The number of anilines is 1. The number of fused-ring (bicyclic) bond motifs is 1. The number of hydrogen-bond donors (Lipinski definition) is 3. The highest BCUT2D eigenvalue weighted by molar-refractivity contribution is 6.02. The summed E-state index contributed by atoms with van der Waals surface area (Å²) in [5.74, 6) is -0.525. The van der Waals surface area contributed by atoms with Gasteiger partial charge in [0.1, 0.15) is 0 Å². The number of amides is 1. The second-order valence-electron chi connectivity index (χ2n) is 8.45. The van der Waals surface area contributed by atoms with E-state index < -0.39 is 11.5 Å². The Hall–Kier alpha value is -2.86. The molecule has 0 aliphatic heterocycles. The molecule has 1 aliphatic carbocycles. The first-order chi connectivity index (χ1) is 13.2. The molecule has 1 aromatic carbocycles. The molecule has 1 saturated carbocycles. The topological polar surface area (TPSA) is 92.6 Å². The Labute approximate surface area is 164 Å².